The van der Waals surface area contributed by atoms with Gasteiger partial charge in [0.1, 0.15) is 12.1 Å². The predicted molar refractivity (Wildman–Crippen MR) is 276 cm³/mol. The van der Waals surface area contributed by atoms with Gasteiger partial charge >= 0.3 is 5.97 Å². The van der Waals surface area contributed by atoms with Gasteiger partial charge in [0.15, 0.2) is 0 Å². The van der Waals surface area contributed by atoms with Crippen LogP contribution in [0.3, 0.4) is 0 Å². The van der Waals surface area contributed by atoms with E-state index in [-0.39, 0.29) is 96.3 Å². The molecule has 6 bridgehead atoms. The Morgan fingerprint density at radius 3 is 2.58 bits per heavy atom. The molecule has 0 spiro atoms. The summed E-state index contributed by atoms with van der Waals surface area (Å²) in [6.07, 6.45) is 3.56. The lowest BCUT2D eigenvalue weighted by Crippen LogP contribution is -2.60. The van der Waals surface area contributed by atoms with Crippen LogP contribution in [0.5, 0.6) is 0 Å². The van der Waals surface area contributed by atoms with Gasteiger partial charge in [0.05, 0.1) is 46.9 Å². The normalized spacial score (nSPS) is 18.8. The monoisotopic (exact) mass is 980 g/mol. The zero-order chi connectivity index (χ0) is 45.2. The molecule has 0 saturated carbocycles. The van der Waals surface area contributed by atoms with Gasteiger partial charge in [-0.3, -0.25) is 34.1 Å². The molecule has 0 radical (unpaired) electrons. The molecular weight excluding hydrogens is 913 g/mol. The Bertz CT molecular complexity index is 2430. The number of pyridine rings is 1. The van der Waals surface area contributed by atoms with E-state index in [1.54, 1.807) is 4.90 Å². The van der Waals surface area contributed by atoms with Gasteiger partial charge in [-0.05, 0) is 95.8 Å². The van der Waals surface area contributed by atoms with Crippen molar-refractivity contribution in [2.45, 2.75) is 117 Å². The number of benzene rings is 1. The number of likely N-dealkylation sites (tertiary alicyclic amines) is 1. The van der Waals surface area contributed by atoms with Crippen molar-refractivity contribution in [1.82, 2.24) is 40.1 Å². The summed E-state index contributed by atoms with van der Waals surface area (Å²) in [6.45, 7) is 16.8. The van der Waals surface area contributed by atoms with E-state index in [4.69, 9.17) is 19.4 Å². The van der Waals surface area contributed by atoms with Crippen LogP contribution in [0.25, 0.3) is 33.4 Å². The van der Waals surface area contributed by atoms with E-state index in [9.17, 15) is 19.2 Å². The van der Waals surface area contributed by atoms with Crippen molar-refractivity contribution in [2.24, 2.45) is 5.41 Å². The quantitative estimate of drug-likeness (QED) is 0.153. The van der Waals surface area contributed by atoms with Gasteiger partial charge < -0.3 is 24.3 Å². The minimum atomic E-state index is -0.955. The highest BCUT2D eigenvalue weighted by atomic mass is 32.1. The Hall–Kier alpha value is -4.09. The predicted octanol–water partition coefficient (Wildman–Crippen LogP) is 5.92. The van der Waals surface area contributed by atoms with Crippen LogP contribution in [0.15, 0.2) is 41.9 Å². The van der Waals surface area contributed by atoms with Crippen LogP contribution >= 0.6 is 51.8 Å². The van der Waals surface area contributed by atoms with Crippen molar-refractivity contribution in [3.8, 4) is 34.4 Å². The zero-order valence-electron chi connectivity index (χ0n) is 39.7. The van der Waals surface area contributed by atoms with E-state index in [1.165, 1.54) is 16.3 Å². The Kier molecular flexibility index (Phi) is 18.8. The molecule has 2 saturated heterocycles. The number of carbonyl (C=O) groups is 4. The SMILES string of the molecule is CCn1c(-c2cccnc2C(C)C)c2c3cc(ccc31)-c1csc(n1)C[C@H](NC(=O)CCOC1CN(C(=O)C#CC(C)(C)N(C)C)C1)C(=O)N1CCC[C@H](N1)C(=O)OCC(C)(C)C2.S.S.S. The van der Waals surface area contributed by atoms with Gasteiger partial charge in [-0.15, -0.1) is 11.3 Å². The molecule has 360 valence electrons. The second kappa shape index (κ2) is 22.8. The number of hydrazine groups is 1. The average molecular weight is 981 g/mol. The number of esters is 1. The fourth-order valence-electron chi connectivity index (χ4n) is 8.28. The van der Waals surface area contributed by atoms with Gasteiger partial charge in [-0.25, -0.2) is 10.4 Å². The van der Waals surface area contributed by atoms with Gasteiger partial charge in [0, 0.05) is 78.0 Å². The van der Waals surface area contributed by atoms with Gasteiger partial charge in [-0.2, -0.15) is 40.5 Å². The Morgan fingerprint density at radius 2 is 1.88 bits per heavy atom. The molecule has 3 aliphatic heterocycles. The highest BCUT2D eigenvalue weighted by molar-refractivity contribution is 7.59. The van der Waals surface area contributed by atoms with E-state index >= 15 is 0 Å². The summed E-state index contributed by atoms with van der Waals surface area (Å²) < 4.78 is 14.4. The first-order valence-electron chi connectivity index (χ1n) is 22.1. The number of fused-ring (bicyclic) bond motifs is 6. The number of aryl methyl sites for hydroxylation is 1. The maximum atomic E-state index is 14.3. The molecule has 18 heteroatoms. The molecule has 7 rings (SSSR count). The van der Waals surface area contributed by atoms with Gasteiger partial charge in [-0.1, -0.05) is 39.7 Å². The fourth-order valence-corrected chi connectivity index (χ4v) is 9.13. The number of hydrogen-bond acceptors (Lipinski definition) is 11. The summed E-state index contributed by atoms with van der Waals surface area (Å²) in [7, 11) is 3.83. The molecule has 0 aliphatic carbocycles. The second-order valence-corrected chi connectivity index (χ2v) is 19.7. The number of cyclic esters (lactones) is 1. The third-order valence-electron chi connectivity index (χ3n) is 12.4. The Morgan fingerprint density at radius 1 is 1.14 bits per heavy atom. The number of carbonyl (C=O) groups excluding carboxylic acids is 4. The number of aromatic nitrogens is 3. The molecule has 0 unspecified atom stereocenters. The van der Waals surface area contributed by atoms with E-state index < -0.39 is 29.0 Å². The van der Waals surface area contributed by atoms with Crippen LogP contribution in [-0.4, -0.2) is 124 Å². The van der Waals surface area contributed by atoms with Gasteiger partial charge in [0.25, 0.3) is 11.8 Å². The molecule has 1 aromatic carbocycles. The zero-order valence-corrected chi connectivity index (χ0v) is 43.5. The number of thiazole rings is 1. The summed E-state index contributed by atoms with van der Waals surface area (Å²) in [5.74, 6) is 4.59. The van der Waals surface area contributed by atoms with Crippen LogP contribution in [0, 0.1) is 17.3 Å². The van der Waals surface area contributed by atoms with Crippen molar-refractivity contribution >= 4 is 86.4 Å². The first kappa shape index (κ1) is 54.5. The third-order valence-corrected chi connectivity index (χ3v) is 13.3. The smallest absolute Gasteiger partial charge is 0.324 e. The van der Waals surface area contributed by atoms with Crippen LogP contribution in [0.4, 0.5) is 0 Å². The highest BCUT2D eigenvalue weighted by Crippen LogP contribution is 2.42. The van der Waals surface area contributed by atoms with E-state index in [1.807, 2.05) is 50.5 Å². The third kappa shape index (κ3) is 12.3. The van der Waals surface area contributed by atoms with Crippen LogP contribution in [0.2, 0.25) is 0 Å². The minimum Gasteiger partial charge on any atom is -0.464 e. The Balaban J connectivity index is 0.00000317. The largest absolute Gasteiger partial charge is 0.464 e. The minimum absolute atomic E-state index is 0. The molecule has 3 aromatic heterocycles. The molecule has 3 amide bonds. The van der Waals surface area contributed by atoms with Crippen molar-refractivity contribution in [1.29, 1.82) is 0 Å². The summed E-state index contributed by atoms with van der Waals surface area (Å²) in [5, 5.41) is 8.20. The molecule has 3 aliphatic rings. The first-order valence-corrected chi connectivity index (χ1v) is 23.0. The summed E-state index contributed by atoms with van der Waals surface area (Å²) in [6, 6.07) is 8.93. The number of nitrogens with one attached hydrogen (secondary N) is 2. The van der Waals surface area contributed by atoms with Crippen LogP contribution in [-0.2, 0) is 48.0 Å². The topological polar surface area (TPSA) is 151 Å². The summed E-state index contributed by atoms with van der Waals surface area (Å²) >= 11 is 1.44. The number of amides is 3. The molecular formula is C48H68N8O6S4. The van der Waals surface area contributed by atoms with Crippen LogP contribution in [0.1, 0.15) is 89.9 Å². The Labute approximate surface area is 414 Å². The van der Waals surface area contributed by atoms with Crippen LogP contribution < -0.4 is 10.7 Å². The molecule has 2 atom stereocenters. The lowest BCUT2D eigenvalue weighted by molar-refractivity contribution is -0.155. The number of nitrogens with zero attached hydrogens (tertiary/aromatic N) is 6. The number of rotatable bonds is 9. The van der Waals surface area contributed by atoms with Crippen molar-refractivity contribution < 1.29 is 28.7 Å². The maximum absolute atomic E-state index is 14.3. The lowest BCUT2D eigenvalue weighted by atomic mass is 9.84. The highest BCUT2D eigenvalue weighted by Gasteiger charge is 2.36. The van der Waals surface area contributed by atoms with Crippen molar-refractivity contribution in [2.75, 3.05) is 46.9 Å². The van der Waals surface area contributed by atoms with E-state index in [0.717, 1.165) is 51.2 Å². The second-order valence-electron chi connectivity index (χ2n) is 18.8. The number of hydrogen-bond donors (Lipinski definition) is 2. The maximum Gasteiger partial charge on any atom is 0.324 e. The molecule has 2 N–H and O–H groups in total. The molecule has 2 fully saturated rings. The first-order chi connectivity index (χ1) is 29.9. The molecule has 66 heavy (non-hydrogen) atoms. The van der Waals surface area contributed by atoms with Crippen molar-refractivity contribution in [3.63, 3.8) is 0 Å². The fraction of sp³-hybridized carbons (Fsp3) is 0.542. The van der Waals surface area contributed by atoms with E-state index in [2.05, 4.69) is 86.0 Å². The van der Waals surface area contributed by atoms with Gasteiger partial charge in [0.2, 0.25) is 5.91 Å². The van der Waals surface area contributed by atoms with Crippen molar-refractivity contribution in [3.05, 3.63) is 58.2 Å². The number of ether oxygens (including phenoxy) is 2. The average Bonchev–Trinajstić information content (AvgIpc) is 3.83. The lowest BCUT2D eigenvalue weighted by Gasteiger charge is -2.37. The summed E-state index contributed by atoms with van der Waals surface area (Å²) in [5.41, 5.74) is 9.49. The summed E-state index contributed by atoms with van der Waals surface area (Å²) in [4.78, 5) is 67.6. The van der Waals surface area contributed by atoms with E-state index in [0.29, 0.717) is 43.9 Å². The molecule has 14 nitrogen and oxygen atoms in total. The standard InChI is InChI=1S/C48H62N8O6S.3H2S/c1-10-55-39-16-15-31-23-34(39)35(44(55)33-13-11-20-49-43(33)30(2)3)25-47(4,5)29-62-46(60)36-14-12-21-56(52-36)45(59)37(24-41-51-38(31)28-63-41)50-40(57)18-22-61-32-26-54(27-32)42(58)17-19-48(6,7)53(8)9;;;/h11,13,15-16,20,23,28,30,32,36-37,52H,10,12,14,18,21-22,24-27,29H2,1-9H3,(H,50,57);3*1H2/t36-,37-;;;/m0.../s1. The molecule has 6 heterocycles. The molecule has 4 aromatic rings.